The van der Waals surface area contributed by atoms with E-state index in [0.29, 0.717) is 0 Å². The number of halogens is 1. The van der Waals surface area contributed by atoms with Gasteiger partial charge in [-0.1, -0.05) is 32.9 Å². The standard InChI is InChI=1S/C12H18N2O.ClH/c1-12(2,3)9-4-6-10(7-5-9)15-8-11(13)14;/h4-7H,8H2,1-3H3,(H3,13,14);1H/p-1. The molecular weight excluding hydrogens is 224 g/mol. The van der Waals surface area contributed by atoms with Gasteiger partial charge in [0.1, 0.15) is 18.2 Å². The number of benzene rings is 1. The Kier molecular flexibility index (Phi) is 5.31. The minimum Gasteiger partial charge on any atom is -1.00 e. The molecule has 0 heterocycles. The molecule has 0 bridgehead atoms. The molecule has 1 aromatic carbocycles. The molecule has 0 aliphatic heterocycles. The Balaban J connectivity index is 0.00000225. The number of nitrogens with one attached hydrogen (secondary N) is 1. The fraction of sp³-hybridized carbons (Fsp3) is 0.417. The highest BCUT2D eigenvalue weighted by molar-refractivity contribution is 5.78. The third-order valence-corrected chi connectivity index (χ3v) is 2.11. The van der Waals surface area contributed by atoms with Crippen LogP contribution in [0.5, 0.6) is 5.75 Å². The van der Waals surface area contributed by atoms with Gasteiger partial charge in [0.15, 0.2) is 0 Å². The lowest BCUT2D eigenvalue weighted by molar-refractivity contribution is -0.00000430. The molecule has 3 N–H and O–H groups in total. The molecule has 0 aromatic heterocycles. The first-order chi connectivity index (χ1) is 6.89. The zero-order valence-corrected chi connectivity index (χ0v) is 10.6. The van der Waals surface area contributed by atoms with Crippen LogP contribution in [0, 0.1) is 5.41 Å². The third-order valence-electron chi connectivity index (χ3n) is 2.11. The normalized spacial score (nSPS) is 10.4. The van der Waals surface area contributed by atoms with Crippen LogP contribution < -0.4 is 22.9 Å². The van der Waals surface area contributed by atoms with Crippen LogP contribution in [0.25, 0.3) is 0 Å². The molecule has 0 spiro atoms. The Labute approximate surface area is 103 Å². The average molecular weight is 242 g/mol. The monoisotopic (exact) mass is 241 g/mol. The quantitative estimate of drug-likeness (QED) is 0.543. The van der Waals surface area contributed by atoms with Gasteiger partial charge >= 0.3 is 0 Å². The number of nitrogens with two attached hydrogens (primary N) is 1. The minimum absolute atomic E-state index is 0. The van der Waals surface area contributed by atoms with Crippen molar-refractivity contribution >= 4 is 5.84 Å². The Morgan fingerprint density at radius 2 is 1.75 bits per heavy atom. The molecule has 0 saturated carbocycles. The first-order valence-electron chi connectivity index (χ1n) is 4.96. The van der Waals surface area contributed by atoms with Gasteiger partial charge in [-0.15, -0.1) is 0 Å². The zero-order valence-electron chi connectivity index (χ0n) is 9.88. The predicted molar refractivity (Wildman–Crippen MR) is 62.6 cm³/mol. The first-order valence-corrected chi connectivity index (χ1v) is 4.96. The van der Waals surface area contributed by atoms with E-state index in [-0.39, 0.29) is 30.3 Å². The van der Waals surface area contributed by atoms with Gasteiger partial charge in [0.2, 0.25) is 0 Å². The average Bonchev–Trinajstić information content (AvgIpc) is 2.14. The first kappa shape index (κ1) is 14.8. The molecule has 4 heteroatoms. The molecule has 16 heavy (non-hydrogen) atoms. The number of ether oxygens (including phenoxy) is 1. The van der Waals surface area contributed by atoms with Crippen molar-refractivity contribution in [1.82, 2.24) is 0 Å². The Morgan fingerprint density at radius 3 is 2.12 bits per heavy atom. The third kappa shape index (κ3) is 4.53. The van der Waals surface area contributed by atoms with Crippen molar-refractivity contribution in [3.8, 4) is 5.75 Å². The highest BCUT2D eigenvalue weighted by Crippen LogP contribution is 2.24. The molecule has 90 valence electrons. The van der Waals surface area contributed by atoms with Gasteiger partial charge in [0.05, 0.1) is 0 Å². The molecule has 0 fully saturated rings. The summed E-state index contributed by atoms with van der Waals surface area (Å²) in [5, 5.41) is 7.04. The second-order valence-corrected chi connectivity index (χ2v) is 4.59. The highest BCUT2D eigenvalue weighted by atomic mass is 35.5. The van der Waals surface area contributed by atoms with Crippen molar-refractivity contribution in [2.75, 3.05) is 6.61 Å². The van der Waals surface area contributed by atoms with Crippen molar-refractivity contribution in [3.05, 3.63) is 29.8 Å². The molecule has 0 radical (unpaired) electrons. The van der Waals surface area contributed by atoms with E-state index in [4.69, 9.17) is 15.9 Å². The molecule has 0 saturated heterocycles. The fourth-order valence-corrected chi connectivity index (χ4v) is 1.21. The SMILES string of the molecule is CC(C)(C)c1ccc(OCC(=N)N)cc1.[Cl-]. The summed E-state index contributed by atoms with van der Waals surface area (Å²) >= 11 is 0. The lowest BCUT2D eigenvalue weighted by Gasteiger charge is -2.19. The van der Waals surface area contributed by atoms with Crippen LogP contribution in [0.3, 0.4) is 0 Å². The fourth-order valence-electron chi connectivity index (χ4n) is 1.21. The van der Waals surface area contributed by atoms with Crippen molar-refractivity contribution in [2.24, 2.45) is 5.73 Å². The summed E-state index contributed by atoms with van der Waals surface area (Å²) in [5.74, 6) is 0.785. The van der Waals surface area contributed by atoms with Gasteiger partial charge in [-0.25, -0.2) is 0 Å². The maximum absolute atomic E-state index is 7.04. The molecule has 0 aliphatic carbocycles. The number of hydrogen-bond acceptors (Lipinski definition) is 2. The van der Waals surface area contributed by atoms with E-state index in [0.717, 1.165) is 5.75 Å². The van der Waals surface area contributed by atoms with Crippen LogP contribution in [-0.2, 0) is 5.41 Å². The lowest BCUT2D eigenvalue weighted by atomic mass is 9.87. The van der Waals surface area contributed by atoms with Crippen LogP contribution in [-0.4, -0.2) is 12.4 Å². The Bertz CT molecular complexity index is 341. The van der Waals surface area contributed by atoms with Crippen molar-refractivity contribution in [3.63, 3.8) is 0 Å². The molecule has 0 unspecified atom stereocenters. The van der Waals surface area contributed by atoms with E-state index >= 15 is 0 Å². The van der Waals surface area contributed by atoms with Crippen LogP contribution in [0.2, 0.25) is 0 Å². The largest absolute Gasteiger partial charge is 1.00 e. The zero-order chi connectivity index (χ0) is 11.5. The molecule has 0 atom stereocenters. The number of amidine groups is 1. The Morgan fingerprint density at radius 1 is 1.25 bits per heavy atom. The van der Waals surface area contributed by atoms with E-state index in [1.807, 2.05) is 24.3 Å². The number of rotatable bonds is 3. The molecule has 1 rings (SSSR count). The lowest BCUT2D eigenvalue weighted by Crippen LogP contribution is -3.00. The van der Waals surface area contributed by atoms with Crippen LogP contribution in [0.1, 0.15) is 26.3 Å². The van der Waals surface area contributed by atoms with Gasteiger partial charge in [-0.05, 0) is 23.1 Å². The molecule has 0 amide bonds. The maximum atomic E-state index is 7.04. The van der Waals surface area contributed by atoms with E-state index in [1.165, 1.54) is 5.56 Å². The second-order valence-electron chi connectivity index (χ2n) is 4.59. The van der Waals surface area contributed by atoms with Gasteiger partial charge in [0, 0.05) is 0 Å². The summed E-state index contributed by atoms with van der Waals surface area (Å²) in [6, 6.07) is 7.89. The van der Waals surface area contributed by atoms with Gasteiger partial charge in [0.25, 0.3) is 0 Å². The van der Waals surface area contributed by atoms with Crippen molar-refractivity contribution < 1.29 is 17.1 Å². The molecule has 1 aromatic rings. The number of hydrogen-bond donors (Lipinski definition) is 2. The van der Waals surface area contributed by atoms with E-state index in [2.05, 4.69) is 20.8 Å². The van der Waals surface area contributed by atoms with Crippen LogP contribution in [0.15, 0.2) is 24.3 Å². The van der Waals surface area contributed by atoms with E-state index < -0.39 is 0 Å². The molecule has 0 aliphatic rings. The maximum Gasteiger partial charge on any atom is 0.145 e. The summed E-state index contributed by atoms with van der Waals surface area (Å²) in [6.45, 7) is 6.64. The minimum atomic E-state index is 0. The van der Waals surface area contributed by atoms with Crippen LogP contribution >= 0.6 is 0 Å². The summed E-state index contributed by atoms with van der Waals surface area (Å²) in [6.07, 6.45) is 0. The van der Waals surface area contributed by atoms with Crippen LogP contribution in [0.4, 0.5) is 0 Å². The van der Waals surface area contributed by atoms with Gasteiger partial charge in [-0.2, -0.15) is 0 Å². The van der Waals surface area contributed by atoms with Gasteiger partial charge in [-0.3, -0.25) is 5.41 Å². The van der Waals surface area contributed by atoms with E-state index in [9.17, 15) is 0 Å². The summed E-state index contributed by atoms with van der Waals surface area (Å²) < 4.78 is 5.29. The smallest absolute Gasteiger partial charge is 0.145 e. The highest BCUT2D eigenvalue weighted by Gasteiger charge is 2.12. The summed E-state index contributed by atoms with van der Waals surface area (Å²) in [7, 11) is 0. The van der Waals surface area contributed by atoms with E-state index in [1.54, 1.807) is 0 Å². The topological polar surface area (TPSA) is 59.1 Å². The summed E-state index contributed by atoms with van der Waals surface area (Å²) in [4.78, 5) is 0. The second kappa shape index (κ2) is 5.75. The summed E-state index contributed by atoms with van der Waals surface area (Å²) in [5.41, 5.74) is 6.61. The van der Waals surface area contributed by atoms with Gasteiger partial charge < -0.3 is 22.9 Å². The molecular formula is C12H18ClN2O-. The predicted octanol–water partition coefficient (Wildman–Crippen LogP) is -0.697. The van der Waals surface area contributed by atoms with Crippen molar-refractivity contribution in [1.29, 1.82) is 5.41 Å². The molecule has 3 nitrogen and oxygen atoms in total. The Hall–Kier alpha value is -1.22. The van der Waals surface area contributed by atoms with Crippen molar-refractivity contribution in [2.45, 2.75) is 26.2 Å².